The predicted octanol–water partition coefficient (Wildman–Crippen LogP) is 2.72. The molecule has 0 fully saturated rings. The smallest absolute Gasteiger partial charge is 0.315 e. The molecule has 0 saturated carbocycles. The van der Waals surface area contributed by atoms with Gasteiger partial charge in [0.1, 0.15) is 11.5 Å². The molecular formula is C17H18N4O4S. The van der Waals surface area contributed by atoms with Crippen molar-refractivity contribution < 1.29 is 18.8 Å². The van der Waals surface area contributed by atoms with Crippen molar-refractivity contribution in [3.8, 4) is 11.5 Å². The SMILES string of the molecule is COc1ccc(OCc2noc(CNC(=O)NCc3cccs3)n2)cc1. The molecule has 0 radical (unpaired) electrons. The fourth-order valence-electron chi connectivity index (χ4n) is 2.04. The molecule has 0 atom stereocenters. The summed E-state index contributed by atoms with van der Waals surface area (Å²) in [5.74, 6) is 2.13. The van der Waals surface area contributed by atoms with Crippen molar-refractivity contribution in [3.63, 3.8) is 0 Å². The maximum Gasteiger partial charge on any atom is 0.315 e. The minimum Gasteiger partial charge on any atom is -0.497 e. The summed E-state index contributed by atoms with van der Waals surface area (Å²) < 4.78 is 15.7. The van der Waals surface area contributed by atoms with Crippen molar-refractivity contribution in [3.05, 3.63) is 58.4 Å². The third-order valence-electron chi connectivity index (χ3n) is 3.34. The normalized spacial score (nSPS) is 10.3. The lowest BCUT2D eigenvalue weighted by Crippen LogP contribution is -2.34. The molecule has 0 unspecified atom stereocenters. The van der Waals surface area contributed by atoms with Crippen LogP contribution in [0, 0.1) is 0 Å². The second kappa shape index (κ2) is 8.86. The van der Waals surface area contributed by atoms with Gasteiger partial charge in [-0.3, -0.25) is 0 Å². The van der Waals surface area contributed by atoms with E-state index in [-0.39, 0.29) is 19.2 Å². The molecular weight excluding hydrogens is 356 g/mol. The fourth-order valence-corrected chi connectivity index (χ4v) is 2.68. The van der Waals surface area contributed by atoms with Crippen LogP contribution in [-0.2, 0) is 19.7 Å². The van der Waals surface area contributed by atoms with Gasteiger partial charge in [-0.2, -0.15) is 4.98 Å². The van der Waals surface area contributed by atoms with Crippen LogP contribution in [0.2, 0.25) is 0 Å². The average molecular weight is 374 g/mol. The number of thiophene rings is 1. The van der Waals surface area contributed by atoms with Crippen molar-refractivity contribution >= 4 is 17.4 Å². The number of methoxy groups -OCH3 is 1. The largest absolute Gasteiger partial charge is 0.497 e. The van der Waals surface area contributed by atoms with Crippen LogP contribution in [0.25, 0.3) is 0 Å². The highest BCUT2D eigenvalue weighted by Gasteiger charge is 2.09. The van der Waals surface area contributed by atoms with Crippen molar-refractivity contribution in [2.45, 2.75) is 19.7 Å². The molecule has 2 heterocycles. The van der Waals surface area contributed by atoms with E-state index in [0.717, 1.165) is 10.6 Å². The van der Waals surface area contributed by atoms with Gasteiger partial charge in [0, 0.05) is 4.88 Å². The first-order chi connectivity index (χ1) is 12.7. The molecule has 8 nitrogen and oxygen atoms in total. The molecule has 0 aliphatic carbocycles. The van der Waals surface area contributed by atoms with Gasteiger partial charge in [0.2, 0.25) is 11.7 Å². The summed E-state index contributed by atoms with van der Waals surface area (Å²) in [6, 6.07) is 10.8. The minimum absolute atomic E-state index is 0.145. The summed E-state index contributed by atoms with van der Waals surface area (Å²) in [6.45, 7) is 0.792. The highest BCUT2D eigenvalue weighted by molar-refractivity contribution is 7.09. The van der Waals surface area contributed by atoms with Gasteiger partial charge in [0.05, 0.1) is 20.2 Å². The number of nitrogens with one attached hydrogen (secondary N) is 2. The van der Waals surface area contributed by atoms with Crippen LogP contribution in [-0.4, -0.2) is 23.3 Å². The number of rotatable bonds is 8. The Bertz CT molecular complexity index is 818. The Kier molecular flexibility index (Phi) is 6.05. The van der Waals surface area contributed by atoms with E-state index in [1.807, 2.05) is 17.5 Å². The first-order valence-electron chi connectivity index (χ1n) is 7.85. The number of benzene rings is 1. The Labute approximate surface area is 154 Å². The molecule has 2 aromatic heterocycles. The number of urea groups is 1. The van der Waals surface area contributed by atoms with Crippen molar-refractivity contribution in [1.29, 1.82) is 0 Å². The van der Waals surface area contributed by atoms with E-state index in [2.05, 4.69) is 20.8 Å². The summed E-state index contributed by atoms with van der Waals surface area (Å²) in [5.41, 5.74) is 0. The second-order valence-corrected chi connectivity index (χ2v) is 6.22. The highest BCUT2D eigenvalue weighted by atomic mass is 32.1. The van der Waals surface area contributed by atoms with Crippen LogP contribution < -0.4 is 20.1 Å². The van der Waals surface area contributed by atoms with Crippen LogP contribution in [0.4, 0.5) is 4.79 Å². The lowest BCUT2D eigenvalue weighted by atomic mass is 10.3. The van der Waals surface area contributed by atoms with Crippen molar-refractivity contribution in [2.24, 2.45) is 0 Å². The zero-order chi connectivity index (χ0) is 18.2. The molecule has 26 heavy (non-hydrogen) atoms. The van der Waals surface area contributed by atoms with E-state index in [9.17, 15) is 4.79 Å². The summed E-state index contributed by atoms with van der Waals surface area (Å²) in [5, 5.41) is 11.2. The van der Waals surface area contributed by atoms with E-state index in [1.54, 1.807) is 42.7 Å². The predicted molar refractivity (Wildman–Crippen MR) is 95.0 cm³/mol. The fraction of sp³-hybridized carbons (Fsp3) is 0.235. The summed E-state index contributed by atoms with van der Waals surface area (Å²) in [6.07, 6.45) is 0. The third-order valence-corrected chi connectivity index (χ3v) is 4.22. The van der Waals surface area contributed by atoms with Gasteiger partial charge in [0.15, 0.2) is 6.61 Å². The lowest BCUT2D eigenvalue weighted by Gasteiger charge is -2.04. The Balaban J connectivity index is 1.40. The number of carbonyl (C=O) groups excluding carboxylic acids is 1. The van der Waals surface area contributed by atoms with Gasteiger partial charge < -0.3 is 24.6 Å². The maximum atomic E-state index is 11.7. The molecule has 0 aliphatic heterocycles. The van der Waals surface area contributed by atoms with Gasteiger partial charge in [-0.15, -0.1) is 11.3 Å². The number of hydrogen-bond acceptors (Lipinski definition) is 7. The molecule has 136 valence electrons. The van der Waals surface area contributed by atoms with E-state index < -0.39 is 0 Å². The zero-order valence-electron chi connectivity index (χ0n) is 14.1. The Morgan fingerprint density at radius 3 is 2.65 bits per heavy atom. The topological polar surface area (TPSA) is 98.5 Å². The highest BCUT2D eigenvalue weighted by Crippen LogP contribution is 2.17. The number of nitrogens with zero attached hydrogens (tertiary/aromatic N) is 2. The number of amides is 2. The van der Waals surface area contributed by atoms with E-state index in [4.69, 9.17) is 14.0 Å². The number of aromatic nitrogens is 2. The van der Waals surface area contributed by atoms with E-state index in [0.29, 0.717) is 24.0 Å². The molecule has 0 aliphatic rings. The Morgan fingerprint density at radius 2 is 1.92 bits per heavy atom. The van der Waals surface area contributed by atoms with Crippen LogP contribution in [0.3, 0.4) is 0 Å². The van der Waals surface area contributed by atoms with Gasteiger partial charge in [-0.05, 0) is 35.7 Å². The van der Waals surface area contributed by atoms with Crippen molar-refractivity contribution in [1.82, 2.24) is 20.8 Å². The quantitative estimate of drug-likeness (QED) is 0.629. The Morgan fingerprint density at radius 1 is 1.15 bits per heavy atom. The molecule has 2 N–H and O–H groups in total. The van der Waals surface area contributed by atoms with Crippen LogP contribution in [0.1, 0.15) is 16.6 Å². The van der Waals surface area contributed by atoms with Gasteiger partial charge in [0.25, 0.3) is 0 Å². The second-order valence-electron chi connectivity index (χ2n) is 5.18. The molecule has 0 bridgehead atoms. The van der Waals surface area contributed by atoms with Gasteiger partial charge >= 0.3 is 6.03 Å². The number of carbonyl (C=O) groups is 1. The first kappa shape index (κ1) is 17.7. The standard InChI is InChI=1S/C17H18N4O4S/c1-23-12-4-6-13(7-5-12)24-11-15-20-16(25-21-15)10-19-17(22)18-9-14-3-2-8-26-14/h2-8H,9-11H2,1H3,(H2,18,19,22). The molecule has 0 spiro atoms. The summed E-state index contributed by atoms with van der Waals surface area (Å²) in [7, 11) is 1.60. The number of hydrogen-bond donors (Lipinski definition) is 2. The molecule has 3 aromatic rings. The molecule has 3 rings (SSSR count). The lowest BCUT2D eigenvalue weighted by molar-refractivity contribution is 0.238. The Hall–Kier alpha value is -3.07. The van der Waals surface area contributed by atoms with Crippen LogP contribution >= 0.6 is 11.3 Å². The monoisotopic (exact) mass is 374 g/mol. The van der Waals surface area contributed by atoms with Gasteiger partial charge in [-0.25, -0.2) is 4.79 Å². The third kappa shape index (κ3) is 5.21. The molecule has 9 heteroatoms. The minimum atomic E-state index is -0.298. The summed E-state index contributed by atoms with van der Waals surface area (Å²) in [4.78, 5) is 17.0. The average Bonchev–Trinajstić information content (AvgIpc) is 3.35. The first-order valence-corrected chi connectivity index (χ1v) is 8.73. The van der Waals surface area contributed by atoms with Crippen LogP contribution in [0.15, 0.2) is 46.3 Å². The maximum absolute atomic E-state index is 11.7. The van der Waals surface area contributed by atoms with E-state index >= 15 is 0 Å². The van der Waals surface area contributed by atoms with E-state index in [1.165, 1.54) is 0 Å². The van der Waals surface area contributed by atoms with Crippen molar-refractivity contribution in [2.75, 3.05) is 7.11 Å². The zero-order valence-corrected chi connectivity index (χ0v) is 14.9. The summed E-state index contributed by atoms with van der Waals surface area (Å²) >= 11 is 1.58. The molecule has 1 aromatic carbocycles. The van der Waals surface area contributed by atoms with Crippen LogP contribution in [0.5, 0.6) is 11.5 Å². The number of ether oxygens (including phenoxy) is 2. The molecule has 0 saturated heterocycles. The van der Waals surface area contributed by atoms with Gasteiger partial charge in [-0.1, -0.05) is 11.2 Å². The molecule has 2 amide bonds.